The molecule has 2 aromatic heterocycles. The summed E-state index contributed by atoms with van der Waals surface area (Å²) in [6, 6.07) is 24.8. The molecule has 3 amide bonds. The van der Waals surface area contributed by atoms with Crippen molar-refractivity contribution in [2.45, 2.75) is 4.90 Å². The Morgan fingerprint density at radius 3 is 2.49 bits per heavy atom. The van der Waals surface area contributed by atoms with Crippen molar-refractivity contribution in [1.29, 1.82) is 0 Å². The number of thiophene rings is 1. The van der Waals surface area contributed by atoms with Crippen LogP contribution in [-0.2, 0) is 9.59 Å². The number of carbonyl (C=O) groups is 3. The van der Waals surface area contributed by atoms with Crippen LogP contribution in [0.4, 0.5) is 10.8 Å². The zero-order chi connectivity index (χ0) is 31.6. The quantitative estimate of drug-likeness (QED) is 0.0975. The average Bonchev–Trinajstić information content (AvgIpc) is 3.77. The number of methoxy groups -OCH3 is 2. The molecule has 0 aliphatic heterocycles. The molecule has 3 N–H and O–H groups in total. The van der Waals surface area contributed by atoms with Crippen LogP contribution in [0.2, 0.25) is 0 Å². The molecule has 228 valence electrons. The molecule has 0 aliphatic rings. The molecule has 0 saturated heterocycles. The first-order valence-corrected chi connectivity index (χ1v) is 16.3. The van der Waals surface area contributed by atoms with Crippen LogP contribution in [0.3, 0.4) is 0 Å². The third kappa shape index (κ3) is 8.60. The second kappa shape index (κ2) is 15.2. The molecule has 0 spiro atoms. The number of benzene rings is 3. The zero-order valence-electron chi connectivity index (χ0n) is 24.2. The smallest absolute Gasteiger partial charge is 0.272 e. The maximum atomic E-state index is 13.6. The van der Waals surface area contributed by atoms with Crippen molar-refractivity contribution in [3.63, 3.8) is 0 Å². The fraction of sp³-hybridized carbons (Fsp3) is 0.0909. The van der Waals surface area contributed by atoms with E-state index < -0.39 is 11.8 Å². The van der Waals surface area contributed by atoms with Crippen molar-refractivity contribution < 1.29 is 23.9 Å². The first kappa shape index (κ1) is 31.5. The molecule has 0 fully saturated rings. The Bertz CT molecular complexity index is 1820. The van der Waals surface area contributed by atoms with E-state index in [1.54, 1.807) is 78.1 Å². The Labute approximate surface area is 272 Å². The van der Waals surface area contributed by atoms with Gasteiger partial charge in [0, 0.05) is 27.1 Å². The predicted molar refractivity (Wildman–Crippen MR) is 181 cm³/mol. The number of ether oxygens (including phenoxy) is 2. The van der Waals surface area contributed by atoms with E-state index in [2.05, 4.69) is 20.9 Å². The van der Waals surface area contributed by atoms with Gasteiger partial charge >= 0.3 is 0 Å². The van der Waals surface area contributed by atoms with Gasteiger partial charge in [-0.2, -0.15) is 0 Å². The second-order valence-electron chi connectivity index (χ2n) is 9.32. The average molecular weight is 657 g/mol. The van der Waals surface area contributed by atoms with Crippen LogP contribution in [0.5, 0.6) is 11.5 Å². The van der Waals surface area contributed by atoms with Crippen molar-refractivity contribution in [2.75, 3.05) is 30.6 Å². The van der Waals surface area contributed by atoms with Gasteiger partial charge in [0.1, 0.15) is 17.2 Å². The molecule has 0 radical (unpaired) electrons. The summed E-state index contributed by atoms with van der Waals surface area (Å²) in [6.07, 6.45) is 1.53. The topological polar surface area (TPSA) is 119 Å². The summed E-state index contributed by atoms with van der Waals surface area (Å²) in [5.41, 5.74) is 2.25. The van der Waals surface area contributed by atoms with Crippen LogP contribution in [0, 0.1) is 0 Å². The van der Waals surface area contributed by atoms with Gasteiger partial charge < -0.3 is 25.4 Å². The summed E-state index contributed by atoms with van der Waals surface area (Å²) in [5.74, 6) is 0.0167. The molecule has 5 aromatic rings. The van der Waals surface area contributed by atoms with Gasteiger partial charge in [-0.25, -0.2) is 4.98 Å². The third-order valence-corrected chi connectivity index (χ3v) is 8.90. The number of thioether (sulfide) groups is 1. The van der Waals surface area contributed by atoms with Crippen LogP contribution >= 0.6 is 34.4 Å². The maximum Gasteiger partial charge on any atom is 0.272 e. The highest BCUT2D eigenvalue weighted by Crippen LogP contribution is 2.29. The monoisotopic (exact) mass is 656 g/mol. The van der Waals surface area contributed by atoms with E-state index in [1.165, 1.54) is 43.4 Å². The van der Waals surface area contributed by atoms with Crippen molar-refractivity contribution >= 4 is 69.1 Å². The number of anilines is 2. The van der Waals surface area contributed by atoms with Crippen molar-refractivity contribution in [3.8, 4) is 22.1 Å². The fourth-order valence-electron chi connectivity index (χ4n) is 4.09. The SMILES string of the molecule is COc1ccc(OC)c(/C=C(/NC(=O)c2ccccc2)C(=O)Nc2cccc(SCC(=O)Nc3nc(-c4cccs4)cs3)c2)c1. The molecular weight excluding hydrogens is 629 g/mol. The van der Waals surface area contributed by atoms with Gasteiger partial charge in [-0.1, -0.05) is 30.3 Å². The standard InChI is InChI=1S/C33H28N4O5S3/c1-41-24-13-14-28(42-2)22(16-24)17-26(35-31(39)21-8-4-3-5-9-21)32(40)34-23-10-6-11-25(18-23)44-20-30(38)37-33-36-27(19-45-33)29-12-7-15-43-29/h3-19H,20H2,1-2H3,(H,34,40)(H,35,39)(H,36,37,38)/b26-17+. The summed E-state index contributed by atoms with van der Waals surface area (Å²) in [5, 5.41) is 12.9. The molecule has 0 bridgehead atoms. The van der Waals surface area contributed by atoms with Crippen LogP contribution in [-0.4, -0.2) is 42.7 Å². The van der Waals surface area contributed by atoms with Crippen molar-refractivity contribution in [2.24, 2.45) is 0 Å². The highest BCUT2D eigenvalue weighted by molar-refractivity contribution is 8.00. The van der Waals surface area contributed by atoms with Crippen LogP contribution in [0.15, 0.2) is 106 Å². The Balaban J connectivity index is 1.28. The minimum absolute atomic E-state index is 0.00166. The minimum atomic E-state index is -0.547. The number of carbonyl (C=O) groups excluding carboxylic acids is 3. The molecule has 45 heavy (non-hydrogen) atoms. The lowest BCUT2D eigenvalue weighted by Crippen LogP contribution is -2.30. The van der Waals surface area contributed by atoms with Crippen LogP contribution in [0.25, 0.3) is 16.6 Å². The summed E-state index contributed by atoms with van der Waals surface area (Å²) < 4.78 is 10.8. The fourth-order valence-corrected chi connectivity index (χ4v) is 6.33. The predicted octanol–water partition coefficient (Wildman–Crippen LogP) is 7.03. The Morgan fingerprint density at radius 1 is 0.889 bits per heavy atom. The van der Waals surface area contributed by atoms with Crippen LogP contribution in [0.1, 0.15) is 15.9 Å². The number of rotatable bonds is 12. The van der Waals surface area contributed by atoms with Gasteiger partial charge in [0.15, 0.2) is 5.13 Å². The third-order valence-electron chi connectivity index (χ3n) is 6.25. The number of thiazole rings is 1. The first-order chi connectivity index (χ1) is 21.9. The Hall–Kier alpha value is -4.91. The minimum Gasteiger partial charge on any atom is -0.497 e. The molecular formula is C33H28N4O5S3. The number of nitrogens with zero attached hydrogens (tertiary/aromatic N) is 1. The molecule has 2 heterocycles. The van der Waals surface area contributed by atoms with E-state index in [1.807, 2.05) is 29.0 Å². The molecule has 5 rings (SSSR count). The summed E-state index contributed by atoms with van der Waals surface area (Å²) in [4.78, 5) is 45.5. The van der Waals surface area contributed by atoms with Gasteiger partial charge in [-0.05, 0) is 66.1 Å². The number of nitrogens with one attached hydrogen (secondary N) is 3. The lowest BCUT2D eigenvalue weighted by Gasteiger charge is -2.13. The zero-order valence-corrected chi connectivity index (χ0v) is 26.7. The van der Waals surface area contributed by atoms with Gasteiger partial charge in [-0.15, -0.1) is 34.4 Å². The van der Waals surface area contributed by atoms with E-state index >= 15 is 0 Å². The number of aromatic nitrogens is 1. The summed E-state index contributed by atoms with van der Waals surface area (Å²) in [7, 11) is 3.06. The summed E-state index contributed by atoms with van der Waals surface area (Å²) >= 11 is 4.29. The number of amides is 3. The van der Waals surface area contributed by atoms with Crippen molar-refractivity contribution in [1.82, 2.24) is 10.3 Å². The number of hydrogen-bond donors (Lipinski definition) is 3. The van der Waals surface area contributed by atoms with Gasteiger partial charge in [0.25, 0.3) is 11.8 Å². The first-order valence-electron chi connectivity index (χ1n) is 13.6. The molecule has 12 heteroatoms. The number of hydrogen-bond acceptors (Lipinski definition) is 9. The highest BCUT2D eigenvalue weighted by Gasteiger charge is 2.17. The van der Waals surface area contributed by atoms with E-state index in [4.69, 9.17) is 9.47 Å². The van der Waals surface area contributed by atoms with Gasteiger partial charge in [0.05, 0.1) is 30.5 Å². The van der Waals surface area contributed by atoms with Gasteiger partial charge in [-0.3, -0.25) is 14.4 Å². The Kier molecular flexibility index (Phi) is 10.6. The molecule has 0 aliphatic carbocycles. The lowest BCUT2D eigenvalue weighted by molar-refractivity contribution is -0.114. The molecule has 0 unspecified atom stereocenters. The summed E-state index contributed by atoms with van der Waals surface area (Å²) in [6.45, 7) is 0. The Morgan fingerprint density at radius 2 is 1.73 bits per heavy atom. The molecule has 9 nitrogen and oxygen atoms in total. The second-order valence-corrected chi connectivity index (χ2v) is 12.2. The van der Waals surface area contributed by atoms with E-state index in [0.717, 1.165) is 15.5 Å². The molecule has 0 saturated carbocycles. The van der Waals surface area contributed by atoms with Crippen LogP contribution < -0.4 is 25.4 Å². The normalized spacial score (nSPS) is 11.0. The maximum absolute atomic E-state index is 13.6. The van der Waals surface area contributed by atoms with Gasteiger partial charge in [0.2, 0.25) is 5.91 Å². The molecule has 3 aromatic carbocycles. The largest absolute Gasteiger partial charge is 0.497 e. The van der Waals surface area contributed by atoms with E-state index in [9.17, 15) is 14.4 Å². The van der Waals surface area contributed by atoms with E-state index in [-0.39, 0.29) is 17.4 Å². The highest BCUT2D eigenvalue weighted by atomic mass is 32.2. The van der Waals surface area contributed by atoms with Crippen molar-refractivity contribution in [3.05, 3.63) is 113 Å². The molecule has 0 atom stereocenters. The van der Waals surface area contributed by atoms with E-state index in [0.29, 0.717) is 33.4 Å². The lowest BCUT2D eigenvalue weighted by atomic mass is 10.1.